The standard InChI is InChI=1S/C10H15ClN2O2S/c1-7(2)13-4-3-8(6-13)10-12-5-9(11)16(10,14)15/h5,7-8H,3-4,6H2,1-2H3. The van der Waals surface area contributed by atoms with Gasteiger partial charge in [0.05, 0.1) is 6.20 Å². The summed E-state index contributed by atoms with van der Waals surface area (Å²) >= 11 is 5.62. The molecule has 1 atom stereocenters. The number of likely N-dealkylation sites (tertiary alicyclic amines) is 1. The third-order valence-electron chi connectivity index (χ3n) is 3.12. The monoisotopic (exact) mass is 262 g/mol. The zero-order chi connectivity index (χ0) is 11.9. The zero-order valence-electron chi connectivity index (χ0n) is 9.35. The summed E-state index contributed by atoms with van der Waals surface area (Å²) < 4.78 is 23.5. The first-order valence-corrected chi connectivity index (χ1v) is 7.21. The van der Waals surface area contributed by atoms with Crippen LogP contribution in [0.15, 0.2) is 15.6 Å². The fraction of sp³-hybridized carbons (Fsp3) is 0.700. The first-order chi connectivity index (χ1) is 7.43. The summed E-state index contributed by atoms with van der Waals surface area (Å²) in [6.45, 7) is 5.90. The van der Waals surface area contributed by atoms with Crippen LogP contribution in [0.3, 0.4) is 0 Å². The lowest BCUT2D eigenvalue weighted by Crippen LogP contribution is -2.30. The maximum Gasteiger partial charge on any atom is 0.232 e. The Morgan fingerprint density at radius 2 is 2.25 bits per heavy atom. The molecule has 6 heteroatoms. The van der Waals surface area contributed by atoms with Crippen molar-refractivity contribution < 1.29 is 8.42 Å². The third-order valence-corrected chi connectivity index (χ3v) is 5.44. The average Bonchev–Trinajstić information content (AvgIpc) is 2.74. The summed E-state index contributed by atoms with van der Waals surface area (Å²) in [5, 5.41) is 0.251. The number of hydrogen-bond acceptors (Lipinski definition) is 4. The minimum atomic E-state index is -3.45. The van der Waals surface area contributed by atoms with E-state index in [9.17, 15) is 8.42 Å². The van der Waals surface area contributed by atoms with Crippen LogP contribution in [0.2, 0.25) is 0 Å². The smallest absolute Gasteiger partial charge is 0.232 e. The van der Waals surface area contributed by atoms with Crippen LogP contribution in [0.25, 0.3) is 0 Å². The van der Waals surface area contributed by atoms with E-state index in [0.29, 0.717) is 6.04 Å². The lowest BCUT2D eigenvalue weighted by Gasteiger charge is -2.20. The second-order valence-electron chi connectivity index (χ2n) is 4.48. The molecule has 2 heterocycles. The molecule has 90 valence electrons. The lowest BCUT2D eigenvalue weighted by atomic mass is 10.1. The van der Waals surface area contributed by atoms with Crippen molar-refractivity contribution in [3.05, 3.63) is 10.6 Å². The molecule has 0 radical (unpaired) electrons. The normalized spacial score (nSPS) is 29.6. The summed E-state index contributed by atoms with van der Waals surface area (Å²) in [5.41, 5.74) is 0. The van der Waals surface area contributed by atoms with Crippen LogP contribution in [0.5, 0.6) is 0 Å². The fourth-order valence-electron chi connectivity index (χ4n) is 2.14. The predicted octanol–water partition coefficient (Wildman–Crippen LogP) is 1.58. The summed E-state index contributed by atoms with van der Waals surface area (Å²) in [7, 11) is -3.45. The number of halogens is 1. The largest absolute Gasteiger partial charge is 0.300 e. The van der Waals surface area contributed by atoms with Gasteiger partial charge in [0.25, 0.3) is 0 Å². The van der Waals surface area contributed by atoms with Crippen molar-refractivity contribution in [2.45, 2.75) is 26.3 Å². The first-order valence-electron chi connectivity index (χ1n) is 5.35. The van der Waals surface area contributed by atoms with Gasteiger partial charge in [0.15, 0.2) is 4.36 Å². The van der Waals surface area contributed by atoms with Crippen molar-refractivity contribution in [3.63, 3.8) is 0 Å². The second-order valence-corrected chi connectivity index (χ2v) is 6.97. The van der Waals surface area contributed by atoms with Crippen molar-refractivity contribution in [2.24, 2.45) is 10.9 Å². The molecule has 0 aromatic heterocycles. The zero-order valence-corrected chi connectivity index (χ0v) is 10.9. The van der Waals surface area contributed by atoms with Gasteiger partial charge in [-0.25, -0.2) is 13.4 Å². The molecule has 0 saturated carbocycles. The Hall–Kier alpha value is -0.390. The molecule has 2 aliphatic heterocycles. The Labute approximate surface area is 101 Å². The topological polar surface area (TPSA) is 49.7 Å². The van der Waals surface area contributed by atoms with Crippen LogP contribution in [0, 0.1) is 5.92 Å². The summed E-state index contributed by atoms with van der Waals surface area (Å²) in [5.74, 6) is -0.0000926. The van der Waals surface area contributed by atoms with E-state index < -0.39 is 9.84 Å². The van der Waals surface area contributed by atoms with E-state index in [0.717, 1.165) is 19.5 Å². The molecule has 1 unspecified atom stereocenters. The highest BCUT2D eigenvalue weighted by molar-refractivity contribution is 8.11. The van der Waals surface area contributed by atoms with Crippen LogP contribution in [0.1, 0.15) is 20.3 Å². The molecule has 0 aromatic carbocycles. The first kappa shape index (κ1) is 12.1. The van der Waals surface area contributed by atoms with Gasteiger partial charge >= 0.3 is 0 Å². The molecule has 1 saturated heterocycles. The molecule has 4 nitrogen and oxygen atoms in total. The van der Waals surface area contributed by atoms with E-state index >= 15 is 0 Å². The Kier molecular flexibility index (Phi) is 3.11. The van der Waals surface area contributed by atoms with Crippen molar-refractivity contribution in [1.82, 2.24) is 4.90 Å². The van der Waals surface area contributed by atoms with Crippen LogP contribution in [-0.4, -0.2) is 37.5 Å². The number of rotatable bonds is 2. The second kappa shape index (κ2) is 4.13. The van der Waals surface area contributed by atoms with Crippen molar-refractivity contribution in [2.75, 3.05) is 13.1 Å². The minimum Gasteiger partial charge on any atom is -0.300 e. The number of hydrogen-bond donors (Lipinski definition) is 0. The molecule has 0 aromatic rings. The van der Waals surface area contributed by atoms with Crippen LogP contribution >= 0.6 is 11.6 Å². The summed E-state index contributed by atoms with van der Waals surface area (Å²) in [6, 6.07) is 0.443. The van der Waals surface area contributed by atoms with Crippen molar-refractivity contribution in [1.29, 1.82) is 0 Å². The van der Waals surface area contributed by atoms with E-state index in [2.05, 4.69) is 23.7 Å². The van der Waals surface area contributed by atoms with Gasteiger partial charge in [-0.2, -0.15) is 0 Å². The van der Waals surface area contributed by atoms with E-state index in [1.165, 1.54) is 6.20 Å². The van der Waals surface area contributed by atoms with Gasteiger partial charge in [0.2, 0.25) is 9.84 Å². The minimum absolute atomic E-state index is 0.0000926. The van der Waals surface area contributed by atoms with E-state index in [1.54, 1.807) is 0 Å². The molecule has 0 N–H and O–H groups in total. The molecule has 2 rings (SSSR count). The maximum atomic E-state index is 11.8. The molecule has 0 aliphatic carbocycles. The molecule has 16 heavy (non-hydrogen) atoms. The van der Waals surface area contributed by atoms with Crippen molar-refractivity contribution in [3.8, 4) is 0 Å². The quantitative estimate of drug-likeness (QED) is 0.759. The number of aliphatic imine (C=N–C) groups is 1. The van der Waals surface area contributed by atoms with Crippen LogP contribution in [0.4, 0.5) is 0 Å². The van der Waals surface area contributed by atoms with Crippen molar-refractivity contribution >= 4 is 26.5 Å². The SMILES string of the molecule is CC(C)N1CCC(C2=NC=C(Cl)S2(=O)=O)C1. The molecule has 1 fully saturated rings. The summed E-state index contributed by atoms with van der Waals surface area (Å²) in [6.07, 6.45) is 2.08. The van der Waals surface area contributed by atoms with Gasteiger partial charge in [-0.05, 0) is 26.8 Å². The molecule has 0 bridgehead atoms. The Morgan fingerprint density at radius 3 is 2.69 bits per heavy atom. The molecule has 0 amide bonds. The maximum absolute atomic E-state index is 11.8. The lowest BCUT2D eigenvalue weighted by molar-refractivity contribution is 0.272. The van der Waals surface area contributed by atoms with Crippen LogP contribution in [-0.2, 0) is 9.84 Å². The van der Waals surface area contributed by atoms with E-state index in [4.69, 9.17) is 11.6 Å². The highest BCUT2D eigenvalue weighted by Gasteiger charge is 2.38. The van der Waals surface area contributed by atoms with Gasteiger partial charge in [-0.15, -0.1) is 0 Å². The van der Waals surface area contributed by atoms with Gasteiger partial charge in [-0.1, -0.05) is 11.6 Å². The number of nitrogens with zero attached hydrogens (tertiary/aromatic N) is 2. The number of sulfone groups is 1. The molecule has 0 spiro atoms. The molecular weight excluding hydrogens is 248 g/mol. The van der Waals surface area contributed by atoms with E-state index in [1.807, 2.05) is 0 Å². The van der Waals surface area contributed by atoms with Gasteiger partial charge in [0, 0.05) is 18.5 Å². The highest BCUT2D eigenvalue weighted by atomic mass is 35.5. The Balaban J connectivity index is 2.14. The van der Waals surface area contributed by atoms with Gasteiger partial charge in [0.1, 0.15) is 5.04 Å². The molecule has 2 aliphatic rings. The third kappa shape index (κ3) is 1.92. The average molecular weight is 263 g/mol. The van der Waals surface area contributed by atoms with Gasteiger partial charge in [-0.3, -0.25) is 0 Å². The molecular formula is C10H15ClN2O2S. The Bertz CT molecular complexity index is 453. The fourth-order valence-corrected chi connectivity index (χ4v) is 3.64. The van der Waals surface area contributed by atoms with E-state index in [-0.39, 0.29) is 15.3 Å². The predicted molar refractivity (Wildman–Crippen MR) is 65.1 cm³/mol. The highest BCUT2D eigenvalue weighted by Crippen LogP contribution is 2.30. The summed E-state index contributed by atoms with van der Waals surface area (Å²) in [4.78, 5) is 6.21. The van der Waals surface area contributed by atoms with Crippen LogP contribution < -0.4 is 0 Å². The Morgan fingerprint density at radius 1 is 1.56 bits per heavy atom. The van der Waals surface area contributed by atoms with Gasteiger partial charge < -0.3 is 4.90 Å².